The molecule has 2 aliphatic rings. The molecule has 2 aliphatic heterocycles. The highest BCUT2D eigenvalue weighted by Gasteiger charge is 2.51. The number of hydrogen-bond donors (Lipinski definition) is 0. The van der Waals surface area contributed by atoms with Gasteiger partial charge in [0.15, 0.2) is 11.5 Å². The highest BCUT2D eigenvalue weighted by Crippen LogP contribution is 2.70. The van der Waals surface area contributed by atoms with E-state index in [1.807, 2.05) is 24.3 Å². The van der Waals surface area contributed by atoms with E-state index < -0.39 is 7.82 Å². The average Bonchev–Trinajstić information content (AvgIpc) is 3.30. The van der Waals surface area contributed by atoms with Crippen LogP contribution >= 0.6 is 7.82 Å². The number of phosphoric acid groups is 1. The van der Waals surface area contributed by atoms with Gasteiger partial charge >= 0.3 is 7.82 Å². The second kappa shape index (κ2) is 10.6. The van der Waals surface area contributed by atoms with Crippen molar-refractivity contribution in [2.75, 3.05) is 0 Å². The van der Waals surface area contributed by atoms with Crippen molar-refractivity contribution in [3.8, 4) is 28.4 Å². The Labute approximate surface area is 186 Å². The zero-order chi connectivity index (χ0) is 21.5. The summed E-state index contributed by atoms with van der Waals surface area (Å²) in [4.78, 5) is 0. The van der Waals surface area contributed by atoms with E-state index >= 15 is 0 Å². The second-order valence-corrected chi connectivity index (χ2v) is 10.2. The second-order valence-electron chi connectivity index (χ2n) is 8.79. The molecule has 168 valence electrons. The summed E-state index contributed by atoms with van der Waals surface area (Å²) in [5, 5.41) is 0. The van der Waals surface area contributed by atoms with Crippen LogP contribution in [0.4, 0.5) is 0 Å². The Morgan fingerprint density at radius 1 is 0.710 bits per heavy atom. The number of benzene rings is 2. The van der Waals surface area contributed by atoms with E-state index in [4.69, 9.17) is 13.6 Å². The molecule has 0 amide bonds. The number of hydrogen-bond acceptors (Lipinski definition) is 4. The Morgan fingerprint density at radius 3 is 1.90 bits per heavy atom. The molecule has 2 aromatic rings. The smallest absolute Gasteiger partial charge is 0.382 e. The maximum Gasteiger partial charge on any atom is 0.647 e. The van der Waals surface area contributed by atoms with Crippen LogP contribution < -0.4 is 13.6 Å². The lowest BCUT2D eigenvalue weighted by atomic mass is 9.93. The van der Waals surface area contributed by atoms with E-state index in [-0.39, 0.29) is 0 Å². The molecule has 1 unspecified atom stereocenters. The summed E-state index contributed by atoms with van der Waals surface area (Å²) in [5.74, 6) is 1.70. The van der Waals surface area contributed by atoms with Gasteiger partial charge in [-0.2, -0.15) is 4.57 Å². The molecule has 0 fully saturated rings. The molecule has 0 saturated carbocycles. The van der Waals surface area contributed by atoms with Gasteiger partial charge in [-0.15, -0.1) is 0 Å². The third-order valence-corrected chi connectivity index (χ3v) is 7.52. The minimum atomic E-state index is -3.46. The Kier molecular flexibility index (Phi) is 7.61. The van der Waals surface area contributed by atoms with E-state index in [1.165, 1.54) is 70.6 Å². The molecule has 4 nitrogen and oxygen atoms in total. The van der Waals surface area contributed by atoms with Crippen LogP contribution in [-0.4, -0.2) is 0 Å². The SMILES string of the molecule is CCCCCCCCCCCCCCc1c(-c2ccccc2)cc2c3c1OP(=O)(O2)O3. The van der Waals surface area contributed by atoms with Crippen LogP contribution in [0.3, 0.4) is 0 Å². The predicted octanol–water partition coefficient (Wildman–Crippen LogP) is 8.87. The van der Waals surface area contributed by atoms with Gasteiger partial charge in [0, 0.05) is 5.56 Å². The van der Waals surface area contributed by atoms with Crippen molar-refractivity contribution in [2.24, 2.45) is 0 Å². The lowest BCUT2D eigenvalue weighted by molar-refractivity contribution is 0.353. The number of phosphoric ester groups is 1. The molecular formula is C26H35O4P. The van der Waals surface area contributed by atoms with Crippen molar-refractivity contribution in [3.05, 3.63) is 42.0 Å². The number of unbranched alkanes of at least 4 members (excludes halogenated alkanes) is 11. The van der Waals surface area contributed by atoms with Gasteiger partial charge in [0.2, 0.25) is 5.75 Å². The first kappa shape index (κ1) is 22.3. The van der Waals surface area contributed by atoms with E-state index in [1.54, 1.807) is 0 Å². The van der Waals surface area contributed by atoms with E-state index in [0.29, 0.717) is 17.2 Å². The summed E-state index contributed by atoms with van der Waals surface area (Å²) in [6.07, 6.45) is 16.8. The lowest BCUT2D eigenvalue weighted by Gasteiger charge is -2.17. The van der Waals surface area contributed by atoms with Crippen molar-refractivity contribution >= 4 is 7.82 Å². The highest BCUT2D eigenvalue weighted by atomic mass is 31.2. The molecule has 2 heterocycles. The number of fused-ring (bicyclic) bond motifs is 1. The maximum atomic E-state index is 12.4. The van der Waals surface area contributed by atoms with Crippen LogP contribution in [0.25, 0.3) is 11.1 Å². The van der Waals surface area contributed by atoms with Gasteiger partial charge in [0.1, 0.15) is 0 Å². The molecule has 0 spiro atoms. The summed E-state index contributed by atoms with van der Waals surface area (Å²) in [6, 6.07) is 12.2. The molecule has 0 saturated heterocycles. The first-order valence-corrected chi connectivity index (χ1v) is 13.6. The van der Waals surface area contributed by atoms with Crippen LogP contribution in [-0.2, 0) is 11.0 Å². The van der Waals surface area contributed by atoms with Crippen molar-refractivity contribution in [1.82, 2.24) is 0 Å². The molecule has 0 aliphatic carbocycles. The summed E-state index contributed by atoms with van der Waals surface area (Å²) < 4.78 is 28.9. The molecule has 1 atom stereocenters. The first-order valence-electron chi connectivity index (χ1n) is 12.1. The van der Waals surface area contributed by atoms with Gasteiger partial charge in [-0.25, -0.2) is 0 Å². The predicted molar refractivity (Wildman–Crippen MR) is 126 cm³/mol. The van der Waals surface area contributed by atoms with Crippen LogP contribution in [0.2, 0.25) is 0 Å². The van der Waals surface area contributed by atoms with Crippen molar-refractivity contribution < 1.29 is 18.1 Å². The maximum absolute atomic E-state index is 12.4. The molecule has 5 heteroatoms. The fraction of sp³-hybridized carbons (Fsp3) is 0.538. The Morgan fingerprint density at radius 2 is 1.29 bits per heavy atom. The zero-order valence-electron chi connectivity index (χ0n) is 18.7. The summed E-state index contributed by atoms with van der Waals surface area (Å²) in [7, 11) is -3.46. The monoisotopic (exact) mass is 442 g/mol. The molecule has 2 aromatic carbocycles. The fourth-order valence-electron chi connectivity index (χ4n) is 4.57. The molecule has 0 aromatic heterocycles. The zero-order valence-corrected chi connectivity index (χ0v) is 19.6. The van der Waals surface area contributed by atoms with Gasteiger partial charge in [-0.1, -0.05) is 108 Å². The normalized spacial score (nSPS) is 18.0. The minimum absolute atomic E-state index is 0.525. The molecule has 4 rings (SSSR count). The Balaban J connectivity index is 1.26. The molecule has 0 radical (unpaired) electrons. The Hall–Kier alpha value is -1.93. The van der Waals surface area contributed by atoms with Gasteiger partial charge in [-0.05, 0) is 30.0 Å². The largest absolute Gasteiger partial charge is 0.647 e. The third-order valence-electron chi connectivity index (χ3n) is 6.29. The van der Waals surface area contributed by atoms with Gasteiger partial charge in [0.05, 0.1) is 0 Å². The standard InChI is InChI=1S/C26H35O4P/c1-2-3-4-5-6-7-8-9-10-11-12-16-19-22-23(21-17-14-13-15-18-21)20-24-26-25(22)29-31(27,28-24)30-26/h13-15,17-18,20H,2-12,16,19H2,1H3. The topological polar surface area (TPSA) is 44.8 Å². The molecule has 31 heavy (non-hydrogen) atoms. The van der Waals surface area contributed by atoms with Crippen molar-refractivity contribution in [1.29, 1.82) is 0 Å². The van der Waals surface area contributed by atoms with Gasteiger partial charge < -0.3 is 13.6 Å². The van der Waals surface area contributed by atoms with Crippen molar-refractivity contribution in [3.63, 3.8) is 0 Å². The van der Waals surface area contributed by atoms with Crippen molar-refractivity contribution in [2.45, 2.75) is 90.4 Å². The van der Waals surface area contributed by atoms with Gasteiger partial charge in [-0.3, -0.25) is 0 Å². The summed E-state index contributed by atoms with van der Waals surface area (Å²) in [5.41, 5.74) is 3.31. The van der Waals surface area contributed by atoms with E-state index in [2.05, 4.69) is 19.1 Å². The van der Waals surface area contributed by atoms with E-state index in [9.17, 15) is 4.57 Å². The van der Waals surface area contributed by atoms with Crippen LogP contribution in [0.5, 0.6) is 17.2 Å². The summed E-state index contributed by atoms with van der Waals surface area (Å²) >= 11 is 0. The van der Waals surface area contributed by atoms with Crippen LogP contribution in [0.15, 0.2) is 36.4 Å². The van der Waals surface area contributed by atoms with Crippen LogP contribution in [0, 0.1) is 0 Å². The highest BCUT2D eigenvalue weighted by molar-refractivity contribution is 7.50. The van der Waals surface area contributed by atoms with Crippen LogP contribution in [0.1, 0.15) is 89.5 Å². The third kappa shape index (κ3) is 5.47. The molecule has 2 bridgehead atoms. The number of rotatable bonds is 14. The first-order chi connectivity index (χ1) is 15.2. The molecule has 0 N–H and O–H groups in total. The fourth-order valence-corrected chi connectivity index (χ4v) is 5.87. The van der Waals surface area contributed by atoms with E-state index in [0.717, 1.165) is 29.5 Å². The lowest BCUT2D eigenvalue weighted by Crippen LogP contribution is -2.02. The molecular weight excluding hydrogens is 407 g/mol. The summed E-state index contributed by atoms with van der Waals surface area (Å²) in [6.45, 7) is 2.27. The Bertz CT molecular complexity index is 909. The average molecular weight is 443 g/mol. The quantitative estimate of drug-likeness (QED) is 0.216. The van der Waals surface area contributed by atoms with Gasteiger partial charge in [0.25, 0.3) is 0 Å². The minimum Gasteiger partial charge on any atom is -0.382 e.